The second-order valence-corrected chi connectivity index (χ2v) is 6.69. The van der Waals surface area contributed by atoms with Crippen molar-refractivity contribution in [1.29, 1.82) is 0 Å². The summed E-state index contributed by atoms with van der Waals surface area (Å²) in [6.45, 7) is 4.24. The molecule has 1 atom stereocenters. The molecule has 4 rings (SSSR count). The van der Waals surface area contributed by atoms with Gasteiger partial charge < -0.3 is 24.3 Å². The van der Waals surface area contributed by atoms with Crippen LogP contribution in [0, 0.1) is 0 Å². The number of hydrogen-bond acceptors (Lipinski definition) is 6. The van der Waals surface area contributed by atoms with Gasteiger partial charge in [-0.3, -0.25) is 9.69 Å². The van der Waals surface area contributed by atoms with E-state index in [0.717, 1.165) is 37.4 Å². The highest BCUT2D eigenvalue weighted by Crippen LogP contribution is 2.31. The number of piperidine rings is 1. The molecule has 1 N–H and O–H groups in total. The lowest BCUT2D eigenvalue weighted by Gasteiger charge is -2.37. The first kappa shape index (κ1) is 16.6. The lowest BCUT2D eigenvalue weighted by atomic mass is 10.0. The quantitative estimate of drug-likeness (QED) is 0.867. The molecule has 0 saturated carbocycles. The van der Waals surface area contributed by atoms with Gasteiger partial charge in [0.2, 0.25) is 5.91 Å². The van der Waals surface area contributed by atoms with Crippen molar-refractivity contribution in [3.8, 4) is 11.5 Å². The standard InChI is InChI=1S/C18H24N2O5/c21-17(12-20-7-5-18(6-8-20)23-9-10-24-18)19-11-14-13-22-15-3-1-2-4-16(15)25-14/h1-4,14H,5-13H2,(H,19,21)/t14-/m1/s1. The average Bonchev–Trinajstić information content (AvgIpc) is 3.10. The largest absolute Gasteiger partial charge is 0.486 e. The van der Waals surface area contributed by atoms with Crippen molar-refractivity contribution in [3.05, 3.63) is 24.3 Å². The third-order valence-corrected chi connectivity index (χ3v) is 4.89. The van der Waals surface area contributed by atoms with E-state index in [0.29, 0.717) is 32.9 Å². The van der Waals surface area contributed by atoms with Crippen molar-refractivity contribution in [2.75, 3.05) is 46.0 Å². The van der Waals surface area contributed by atoms with Crippen LogP contribution >= 0.6 is 0 Å². The van der Waals surface area contributed by atoms with Gasteiger partial charge in [0.25, 0.3) is 0 Å². The smallest absolute Gasteiger partial charge is 0.234 e. The first-order valence-electron chi connectivity index (χ1n) is 8.88. The normalized spacial score (nSPS) is 25.0. The number of fused-ring (bicyclic) bond motifs is 1. The first-order valence-corrected chi connectivity index (χ1v) is 8.88. The molecule has 3 aliphatic rings. The van der Waals surface area contributed by atoms with Crippen LogP contribution < -0.4 is 14.8 Å². The molecule has 7 nitrogen and oxygen atoms in total. The van der Waals surface area contributed by atoms with Crippen molar-refractivity contribution < 1.29 is 23.7 Å². The number of carbonyl (C=O) groups is 1. The maximum Gasteiger partial charge on any atom is 0.234 e. The number of para-hydroxylation sites is 2. The van der Waals surface area contributed by atoms with E-state index in [1.807, 2.05) is 24.3 Å². The Bertz CT molecular complexity index is 607. The Balaban J connectivity index is 1.19. The number of nitrogens with zero attached hydrogens (tertiary/aromatic N) is 1. The topological polar surface area (TPSA) is 69.3 Å². The van der Waals surface area contributed by atoms with Gasteiger partial charge >= 0.3 is 0 Å². The molecule has 2 fully saturated rings. The molecule has 7 heteroatoms. The van der Waals surface area contributed by atoms with Crippen molar-refractivity contribution in [2.24, 2.45) is 0 Å². The predicted octanol–water partition coefficient (Wildman–Crippen LogP) is 0.782. The van der Waals surface area contributed by atoms with Gasteiger partial charge in [0.05, 0.1) is 26.3 Å². The van der Waals surface area contributed by atoms with E-state index < -0.39 is 5.79 Å². The molecule has 136 valence electrons. The zero-order chi connectivity index (χ0) is 17.1. The van der Waals surface area contributed by atoms with Gasteiger partial charge in [-0.25, -0.2) is 0 Å². The third kappa shape index (κ3) is 3.89. The maximum absolute atomic E-state index is 12.2. The van der Waals surface area contributed by atoms with Crippen LogP contribution in [0.5, 0.6) is 11.5 Å². The van der Waals surface area contributed by atoms with Crippen LogP contribution in [0.25, 0.3) is 0 Å². The Morgan fingerprint density at radius 1 is 1.16 bits per heavy atom. The van der Waals surface area contributed by atoms with Crippen molar-refractivity contribution in [3.63, 3.8) is 0 Å². The highest BCUT2D eigenvalue weighted by Gasteiger charge is 2.39. The summed E-state index contributed by atoms with van der Waals surface area (Å²) < 4.78 is 22.9. The lowest BCUT2D eigenvalue weighted by molar-refractivity contribution is -0.185. The van der Waals surface area contributed by atoms with E-state index >= 15 is 0 Å². The predicted molar refractivity (Wildman–Crippen MR) is 89.7 cm³/mol. The summed E-state index contributed by atoms with van der Waals surface area (Å²) in [5.41, 5.74) is 0. The molecule has 0 unspecified atom stereocenters. The molecule has 1 aromatic rings. The summed E-state index contributed by atoms with van der Waals surface area (Å²) in [6, 6.07) is 7.57. The molecular weight excluding hydrogens is 324 g/mol. The Labute approximate surface area is 147 Å². The molecule has 0 aliphatic carbocycles. The van der Waals surface area contributed by atoms with Gasteiger partial charge in [-0.2, -0.15) is 0 Å². The zero-order valence-corrected chi connectivity index (χ0v) is 14.2. The van der Waals surface area contributed by atoms with Gasteiger partial charge in [-0.1, -0.05) is 12.1 Å². The molecule has 25 heavy (non-hydrogen) atoms. The van der Waals surface area contributed by atoms with E-state index in [2.05, 4.69) is 10.2 Å². The second kappa shape index (κ2) is 7.19. The summed E-state index contributed by atoms with van der Waals surface area (Å²) in [5.74, 6) is 1.09. The number of benzene rings is 1. The van der Waals surface area contributed by atoms with Crippen LogP contribution in [0.2, 0.25) is 0 Å². The first-order chi connectivity index (χ1) is 12.2. The fraction of sp³-hybridized carbons (Fsp3) is 0.611. The highest BCUT2D eigenvalue weighted by molar-refractivity contribution is 5.78. The van der Waals surface area contributed by atoms with Crippen LogP contribution in [0.15, 0.2) is 24.3 Å². The summed E-state index contributed by atoms with van der Waals surface area (Å²) in [6.07, 6.45) is 1.47. The summed E-state index contributed by atoms with van der Waals surface area (Å²) >= 11 is 0. The number of nitrogens with one attached hydrogen (secondary N) is 1. The molecule has 1 spiro atoms. The van der Waals surface area contributed by atoms with Crippen LogP contribution in [0.3, 0.4) is 0 Å². The molecule has 0 aromatic heterocycles. The molecule has 0 radical (unpaired) electrons. The minimum absolute atomic E-state index is 0.00617. The Kier molecular flexibility index (Phi) is 4.78. The van der Waals surface area contributed by atoms with Crippen molar-refractivity contribution in [1.82, 2.24) is 10.2 Å². The monoisotopic (exact) mass is 348 g/mol. The summed E-state index contributed by atoms with van der Waals surface area (Å²) in [4.78, 5) is 14.3. The molecule has 1 amide bonds. The van der Waals surface area contributed by atoms with E-state index in [1.165, 1.54) is 0 Å². The fourth-order valence-electron chi connectivity index (χ4n) is 3.49. The second-order valence-electron chi connectivity index (χ2n) is 6.69. The minimum atomic E-state index is -0.395. The maximum atomic E-state index is 12.2. The molecule has 2 saturated heterocycles. The number of amides is 1. The van der Waals surface area contributed by atoms with Crippen LogP contribution in [-0.2, 0) is 14.3 Å². The van der Waals surface area contributed by atoms with E-state index in [1.54, 1.807) is 0 Å². The number of likely N-dealkylation sites (tertiary alicyclic amines) is 1. The SMILES string of the molecule is O=C(CN1CCC2(CC1)OCCO2)NC[C@@H]1COc2ccccc2O1. The lowest BCUT2D eigenvalue weighted by Crippen LogP contribution is -2.49. The van der Waals surface area contributed by atoms with E-state index in [9.17, 15) is 4.79 Å². The van der Waals surface area contributed by atoms with Crippen molar-refractivity contribution >= 4 is 5.91 Å². The van der Waals surface area contributed by atoms with E-state index in [4.69, 9.17) is 18.9 Å². The van der Waals surface area contributed by atoms with E-state index in [-0.39, 0.29) is 12.0 Å². The molecule has 3 aliphatic heterocycles. The summed E-state index contributed by atoms with van der Waals surface area (Å²) in [7, 11) is 0. The Morgan fingerprint density at radius 2 is 1.88 bits per heavy atom. The van der Waals surface area contributed by atoms with Crippen LogP contribution in [-0.4, -0.2) is 68.7 Å². The summed E-state index contributed by atoms with van der Waals surface area (Å²) in [5, 5.41) is 2.94. The van der Waals surface area contributed by atoms with Gasteiger partial charge in [0.1, 0.15) is 12.7 Å². The minimum Gasteiger partial charge on any atom is -0.486 e. The number of hydrogen-bond donors (Lipinski definition) is 1. The molecule has 0 bridgehead atoms. The van der Waals surface area contributed by atoms with Gasteiger partial charge in [0.15, 0.2) is 17.3 Å². The fourth-order valence-corrected chi connectivity index (χ4v) is 3.49. The van der Waals surface area contributed by atoms with Crippen molar-refractivity contribution in [2.45, 2.75) is 24.7 Å². The Hall–Kier alpha value is -1.83. The zero-order valence-electron chi connectivity index (χ0n) is 14.2. The van der Waals surface area contributed by atoms with Gasteiger partial charge in [0, 0.05) is 25.9 Å². The molecule has 3 heterocycles. The molecular formula is C18H24N2O5. The van der Waals surface area contributed by atoms with Crippen LogP contribution in [0.4, 0.5) is 0 Å². The third-order valence-electron chi connectivity index (χ3n) is 4.89. The highest BCUT2D eigenvalue weighted by atomic mass is 16.7. The van der Waals surface area contributed by atoms with Gasteiger partial charge in [-0.05, 0) is 12.1 Å². The average molecular weight is 348 g/mol. The number of carbonyl (C=O) groups excluding carboxylic acids is 1. The number of rotatable bonds is 4. The Morgan fingerprint density at radius 3 is 2.64 bits per heavy atom. The van der Waals surface area contributed by atoms with Gasteiger partial charge in [-0.15, -0.1) is 0 Å². The van der Waals surface area contributed by atoms with Crippen LogP contribution in [0.1, 0.15) is 12.8 Å². The number of ether oxygens (including phenoxy) is 4. The molecule has 1 aromatic carbocycles.